The van der Waals surface area contributed by atoms with Crippen LogP contribution in [0.2, 0.25) is 0 Å². The minimum absolute atomic E-state index is 0.0501. The van der Waals surface area contributed by atoms with Gasteiger partial charge in [0.05, 0.1) is 5.97 Å². The maximum absolute atomic E-state index is 12.7. The summed E-state index contributed by atoms with van der Waals surface area (Å²) in [5, 5.41) is 14.1. The molecule has 22 heavy (non-hydrogen) atoms. The number of ketones is 1. The van der Waals surface area contributed by atoms with E-state index in [4.69, 9.17) is 0 Å². The molecule has 0 heterocycles. The van der Waals surface area contributed by atoms with Gasteiger partial charge in [0.2, 0.25) is 0 Å². The minimum Gasteiger partial charge on any atom is -0.545 e. The van der Waals surface area contributed by atoms with Crippen LogP contribution in [0.1, 0.15) is 44.0 Å². The Morgan fingerprint density at radius 3 is 2.59 bits per heavy atom. The number of benzene rings is 1. The first-order valence-corrected chi connectivity index (χ1v) is 7.61. The lowest BCUT2D eigenvalue weighted by molar-refractivity contribution is -0.254. The molecule has 116 valence electrons. The monoisotopic (exact) mass is 298 g/mol. The van der Waals surface area contributed by atoms with E-state index in [0.29, 0.717) is 5.69 Å². The van der Waals surface area contributed by atoms with Gasteiger partial charge in [0.15, 0.2) is 5.78 Å². The van der Waals surface area contributed by atoms with Gasteiger partial charge in [-0.25, -0.2) is 0 Å². The molecule has 0 radical (unpaired) electrons. The fourth-order valence-corrected chi connectivity index (χ4v) is 4.04. The molecule has 2 bridgehead atoms. The Bertz CT molecular complexity index is 689. The van der Waals surface area contributed by atoms with E-state index in [0.717, 1.165) is 18.4 Å². The van der Waals surface area contributed by atoms with Crippen LogP contribution in [-0.2, 0) is 4.79 Å². The quantitative estimate of drug-likeness (QED) is 0.870. The summed E-state index contributed by atoms with van der Waals surface area (Å²) in [6.45, 7) is 6.35. The molecule has 2 aliphatic carbocycles. The lowest BCUT2D eigenvalue weighted by atomic mass is 9.70. The number of hydrogen-bond acceptors (Lipinski definition) is 4. The molecule has 4 heteroatoms. The highest BCUT2D eigenvalue weighted by atomic mass is 16.4. The molecule has 1 N–H and O–H groups in total. The largest absolute Gasteiger partial charge is 0.545 e. The predicted octanol–water partition coefficient (Wildman–Crippen LogP) is 2.37. The Balaban J connectivity index is 1.93. The van der Waals surface area contributed by atoms with Gasteiger partial charge in [-0.1, -0.05) is 39.0 Å². The summed E-state index contributed by atoms with van der Waals surface area (Å²) in [4.78, 5) is 23.8. The summed E-state index contributed by atoms with van der Waals surface area (Å²) < 4.78 is 0. The zero-order chi connectivity index (χ0) is 16.1. The van der Waals surface area contributed by atoms with E-state index in [-0.39, 0.29) is 28.1 Å². The number of rotatable bonds is 3. The van der Waals surface area contributed by atoms with Crippen LogP contribution in [0.5, 0.6) is 0 Å². The Morgan fingerprint density at radius 2 is 2.00 bits per heavy atom. The van der Waals surface area contributed by atoms with Crippen molar-refractivity contribution in [3.63, 3.8) is 0 Å². The number of nitrogens with one attached hydrogen (secondary N) is 1. The summed E-state index contributed by atoms with van der Waals surface area (Å²) in [5.74, 6) is -0.812. The Kier molecular flexibility index (Phi) is 3.17. The van der Waals surface area contributed by atoms with Gasteiger partial charge in [0.25, 0.3) is 0 Å². The third-order valence-corrected chi connectivity index (χ3v) is 5.90. The van der Waals surface area contributed by atoms with Crippen LogP contribution < -0.4 is 10.4 Å². The Hall–Kier alpha value is -2.10. The van der Waals surface area contributed by atoms with E-state index in [1.54, 1.807) is 24.4 Å². The number of aromatic carboxylic acids is 1. The highest BCUT2D eigenvalue weighted by molar-refractivity contribution is 6.05. The molecule has 2 fully saturated rings. The highest BCUT2D eigenvalue weighted by Gasteiger charge is 2.63. The van der Waals surface area contributed by atoms with Crippen LogP contribution in [0.3, 0.4) is 0 Å². The number of carboxylic acid groups (broad SMARTS) is 1. The fraction of sp³-hybridized carbons (Fsp3) is 0.444. The maximum Gasteiger partial charge on any atom is 0.167 e. The highest BCUT2D eigenvalue weighted by Crippen LogP contribution is 2.65. The van der Waals surface area contributed by atoms with E-state index in [9.17, 15) is 14.7 Å². The number of anilines is 1. The van der Waals surface area contributed by atoms with Crippen molar-refractivity contribution in [1.82, 2.24) is 0 Å². The average Bonchev–Trinajstić information content (AvgIpc) is 2.78. The van der Waals surface area contributed by atoms with Gasteiger partial charge in [-0.3, -0.25) is 4.79 Å². The Morgan fingerprint density at radius 1 is 1.32 bits per heavy atom. The summed E-state index contributed by atoms with van der Waals surface area (Å²) in [7, 11) is 0. The Labute approximate surface area is 130 Å². The van der Waals surface area contributed by atoms with Crippen LogP contribution in [-0.4, -0.2) is 11.8 Å². The normalized spacial score (nSPS) is 30.8. The molecule has 2 saturated carbocycles. The van der Waals surface area contributed by atoms with Gasteiger partial charge >= 0.3 is 0 Å². The molecule has 3 rings (SSSR count). The second kappa shape index (κ2) is 4.70. The first-order chi connectivity index (χ1) is 10.3. The lowest BCUT2D eigenvalue weighted by Gasteiger charge is -2.31. The molecular weight excluding hydrogens is 278 g/mol. The third-order valence-electron chi connectivity index (χ3n) is 5.90. The first-order valence-electron chi connectivity index (χ1n) is 7.61. The van der Waals surface area contributed by atoms with E-state index in [1.165, 1.54) is 6.07 Å². The molecule has 2 aliphatic rings. The van der Waals surface area contributed by atoms with Crippen molar-refractivity contribution in [3.05, 3.63) is 41.6 Å². The molecule has 0 aromatic heterocycles. The molecule has 0 aliphatic heterocycles. The molecule has 0 saturated heterocycles. The van der Waals surface area contributed by atoms with Gasteiger partial charge < -0.3 is 15.2 Å². The van der Waals surface area contributed by atoms with Crippen molar-refractivity contribution >= 4 is 17.4 Å². The van der Waals surface area contributed by atoms with E-state index in [2.05, 4.69) is 19.2 Å². The number of Topliss-reactive ketones (excluding diaryl/α,β-unsaturated/α-hetero) is 1. The fourth-order valence-electron chi connectivity index (χ4n) is 4.04. The molecule has 1 aromatic rings. The topological polar surface area (TPSA) is 69.2 Å². The second-order valence-corrected chi connectivity index (χ2v) is 7.05. The number of fused-ring (bicyclic) bond motifs is 2. The SMILES string of the molecule is CC1(C)[C@H]2CC[C@]1(C)C(=O)/C2=C\Nc1ccccc1C(=O)[O-]. The van der Waals surface area contributed by atoms with E-state index < -0.39 is 5.97 Å². The predicted molar refractivity (Wildman–Crippen MR) is 82.1 cm³/mol. The van der Waals surface area contributed by atoms with Crippen LogP contribution in [0.25, 0.3) is 0 Å². The van der Waals surface area contributed by atoms with Crippen molar-refractivity contribution < 1.29 is 14.7 Å². The molecule has 1 aromatic carbocycles. The van der Waals surface area contributed by atoms with Crippen LogP contribution >= 0.6 is 0 Å². The number of carboxylic acids is 1. The van der Waals surface area contributed by atoms with Crippen molar-refractivity contribution in [3.8, 4) is 0 Å². The zero-order valence-corrected chi connectivity index (χ0v) is 13.1. The van der Waals surface area contributed by atoms with Gasteiger partial charge in [0, 0.05) is 28.4 Å². The molecular formula is C18H20NO3-. The number of carbonyl (C=O) groups excluding carboxylic acids is 2. The second-order valence-electron chi connectivity index (χ2n) is 7.05. The van der Waals surface area contributed by atoms with Crippen molar-refractivity contribution in [2.75, 3.05) is 5.32 Å². The number of para-hydroxylation sites is 1. The van der Waals surface area contributed by atoms with Gasteiger partial charge in [-0.15, -0.1) is 0 Å². The maximum atomic E-state index is 12.7. The van der Waals surface area contributed by atoms with Crippen molar-refractivity contribution in [2.45, 2.75) is 33.6 Å². The minimum atomic E-state index is -1.23. The lowest BCUT2D eigenvalue weighted by Crippen LogP contribution is -2.32. The molecule has 0 unspecified atom stereocenters. The van der Waals surface area contributed by atoms with Crippen LogP contribution in [0.4, 0.5) is 5.69 Å². The summed E-state index contributed by atoms with van der Waals surface area (Å²) in [6, 6.07) is 6.56. The zero-order valence-electron chi connectivity index (χ0n) is 13.1. The van der Waals surface area contributed by atoms with Crippen LogP contribution in [0, 0.1) is 16.7 Å². The van der Waals surface area contributed by atoms with E-state index in [1.807, 2.05) is 6.92 Å². The van der Waals surface area contributed by atoms with Crippen molar-refractivity contribution in [2.24, 2.45) is 16.7 Å². The van der Waals surface area contributed by atoms with Gasteiger partial charge in [0.1, 0.15) is 0 Å². The smallest absolute Gasteiger partial charge is 0.167 e. The van der Waals surface area contributed by atoms with Crippen LogP contribution in [0.15, 0.2) is 36.0 Å². The number of hydrogen-bond donors (Lipinski definition) is 1. The molecule has 0 spiro atoms. The summed E-state index contributed by atoms with van der Waals surface area (Å²) in [6.07, 6.45) is 3.63. The molecule has 4 nitrogen and oxygen atoms in total. The number of allylic oxidation sites excluding steroid dienone is 1. The first kappa shape index (κ1) is 14.8. The summed E-state index contributed by atoms with van der Waals surface area (Å²) >= 11 is 0. The molecule has 2 atom stereocenters. The van der Waals surface area contributed by atoms with Gasteiger partial charge in [-0.05, 0) is 30.2 Å². The molecule has 0 amide bonds. The van der Waals surface area contributed by atoms with Crippen molar-refractivity contribution in [1.29, 1.82) is 0 Å². The standard InChI is InChI=1S/C18H21NO3/c1-17(2)13-8-9-18(17,3)15(20)12(13)10-19-14-7-5-4-6-11(14)16(21)22/h4-7,10,13,19H,8-9H2,1-3H3,(H,21,22)/p-1/b12-10-/t13-,18+/m0/s1. The number of carbonyl (C=O) groups is 2. The summed E-state index contributed by atoms with van der Waals surface area (Å²) in [5.41, 5.74) is 0.978. The third kappa shape index (κ3) is 1.83. The van der Waals surface area contributed by atoms with Gasteiger partial charge in [-0.2, -0.15) is 0 Å². The van der Waals surface area contributed by atoms with E-state index >= 15 is 0 Å². The average molecular weight is 298 g/mol.